The Hall–Kier alpha value is -2.10. The van der Waals surface area contributed by atoms with Crippen LogP contribution in [0.25, 0.3) is 0 Å². The van der Waals surface area contributed by atoms with Crippen LogP contribution in [0.4, 0.5) is 0 Å². The van der Waals surface area contributed by atoms with Crippen LogP contribution in [0.2, 0.25) is 0 Å². The van der Waals surface area contributed by atoms with Crippen LogP contribution >= 0.6 is 0 Å². The van der Waals surface area contributed by atoms with E-state index in [0.29, 0.717) is 0 Å². The minimum Gasteiger partial charge on any atom is -0.465 e. The number of ether oxygens (including phenoxy) is 1. The number of rotatable bonds is 5. The van der Waals surface area contributed by atoms with Gasteiger partial charge >= 0.3 is 5.97 Å². The summed E-state index contributed by atoms with van der Waals surface area (Å²) in [5.41, 5.74) is -0.641. The Labute approximate surface area is 138 Å². The first-order chi connectivity index (χ1) is 10.8. The number of carbonyl (C=O) groups is 2. The SMILES string of the molecule is C=CC[C@]1(C(=O)OCC)C(=O)N(C(C)(C)C)[C@H]1c1ccccc1. The molecule has 0 bridgehead atoms. The molecule has 2 rings (SSSR count). The van der Waals surface area contributed by atoms with E-state index in [9.17, 15) is 9.59 Å². The highest BCUT2D eigenvalue weighted by Crippen LogP contribution is 2.56. The molecule has 0 aliphatic carbocycles. The molecule has 1 fully saturated rings. The average Bonchev–Trinajstić information content (AvgIpc) is 2.49. The van der Waals surface area contributed by atoms with Crippen molar-refractivity contribution in [1.82, 2.24) is 4.90 Å². The molecule has 0 aromatic heterocycles. The molecule has 0 spiro atoms. The molecule has 0 N–H and O–H groups in total. The van der Waals surface area contributed by atoms with Crippen LogP contribution < -0.4 is 0 Å². The summed E-state index contributed by atoms with van der Waals surface area (Å²) in [6, 6.07) is 9.32. The lowest BCUT2D eigenvalue weighted by Crippen LogP contribution is -2.71. The van der Waals surface area contributed by atoms with Gasteiger partial charge < -0.3 is 9.64 Å². The number of hydrogen-bond acceptors (Lipinski definition) is 3. The van der Waals surface area contributed by atoms with Gasteiger partial charge in [0.05, 0.1) is 12.6 Å². The summed E-state index contributed by atoms with van der Waals surface area (Å²) in [6.07, 6.45) is 1.90. The third-order valence-corrected chi connectivity index (χ3v) is 4.27. The minimum atomic E-state index is -1.20. The van der Waals surface area contributed by atoms with Crippen molar-refractivity contribution in [2.45, 2.75) is 45.7 Å². The third-order valence-electron chi connectivity index (χ3n) is 4.27. The van der Waals surface area contributed by atoms with Gasteiger partial charge in [-0.3, -0.25) is 9.59 Å². The Kier molecular flexibility index (Phi) is 4.64. The lowest BCUT2D eigenvalue weighted by molar-refractivity contribution is -0.199. The zero-order valence-corrected chi connectivity index (χ0v) is 14.3. The van der Waals surface area contributed by atoms with Gasteiger partial charge in [0.1, 0.15) is 0 Å². The maximum absolute atomic E-state index is 13.0. The van der Waals surface area contributed by atoms with Gasteiger partial charge in [0.15, 0.2) is 5.41 Å². The van der Waals surface area contributed by atoms with Gasteiger partial charge in [0, 0.05) is 5.54 Å². The number of β-lactam (4-membered cyclic amide) rings is 1. The fourth-order valence-electron chi connectivity index (χ4n) is 3.33. The molecule has 1 saturated heterocycles. The third kappa shape index (κ3) is 2.67. The molecule has 0 unspecified atom stereocenters. The van der Waals surface area contributed by atoms with Crippen LogP contribution in [-0.2, 0) is 14.3 Å². The molecule has 1 amide bonds. The maximum Gasteiger partial charge on any atom is 0.324 e. The molecule has 4 heteroatoms. The molecule has 124 valence electrons. The van der Waals surface area contributed by atoms with Crippen LogP contribution in [0.5, 0.6) is 0 Å². The molecule has 0 radical (unpaired) electrons. The van der Waals surface area contributed by atoms with E-state index < -0.39 is 11.4 Å². The normalized spacial score (nSPS) is 24.1. The second kappa shape index (κ2) is 6.19. The van der Waals surface area contributed by atoms with E-state index in [0.717, 1.165) is 5.56 Å². The second-order valence-electron chi connectivity index (χ2n) is 6.84. The van der Waals surface area contributed by atoms with Crippen molar-refractivity contribution in [3.63, 3.8) is 0 Å². The molecule has 1 aliphatic rings. The van der Waals surface area contributed by atoms with Crippen molar-refractivity contribution in [1.29, 1.82) is 0 Å². The summed E-state index contributed by atoms with van der Waals surface area (Å²) in [5, 5.41) is 0. The minimum absolute atomic E-state index is 0.183. The summed E-state index contributed by atoms with van der Waals surface area (Å²) < 4.78 is 5.25. The molecular weight excluding hydrogens is 290 g/mol. The van der Waals surface area contributed by atoms with Crippen LogP contribution in [0.1, 0.15) is 45.7 Å². The molecule has 0 saturated carbocycles. The second-order valence-corrected chi connectivity index (χ2v) is 6.84. The fourth-order valence-corrected chi connectivity index (χ4v) is 3.33. The Morgan fingerprint density at radius 2 is 1.96 bits per heavy atom. The van der Waals surface area contributed by atoms with E-state index in [1.54, 1.807) is 17.9 Å². The number of allylic oxidation sites excluding steroid dienone is 1. The van der Waals surface area contributed by atoms with Crippen LogP contribution in [0, 0.1) is 5.41 Å². The highest BCUT2D eigenvalue weighted by Gasteiger charge is 2.68. The van der Waals surface area contributed by atoms with Crippen molar-refractivity contribution in [2.75, 3.05) is 6.61 Å². The molecule has 23 heavy (non-hydrogen) atoms. The first-order valence-corrected chi connectivity index (χ1v) is 7.97. The molecule has 1 aromatic rings. The number of benzene rings is 1. The predicted octanol–water partition coefficient (Wildman–Crippen LogP) is 3.49. The molecule has 4 nitrogen and oxygen atoms in total. The first kappa shape index (κ1) is 17.3. The standard InChI is InChI=1S/C19H25NO3/c1-6-13-19(17(22)23-7-2)15(14-11-9-8-10-12-14)20(16(19)21)18(3,4)5/h6,8-12,15H,1,7,13H2,2-5H3/t15-,19+/m0/s1. The molecule has 1 aromatic carbocycles. The molecule has 1 heterocycles. The summed E-state index contributed by atoms with van der Waals surface area (Å²) in [5.74, 6) is -0.642. The summed E-state index contributed by atoms with van der Waals surface area (Å²) in [7, 11) is 0. The largest absolute Gasteiger partial charge is 0.465 e. The number of esters is 1. The van der Waals surface area contributed by atoms with Crippen LogP contribution in [0.3, 0.4) is 0 Å². The van der Waals surface area contributed by atoms with Crippen molar-refractivity contribution < 1.29 is 14.3 Å². The highest BCUT2D eigenvalue weighted by molar-refractivity contribution is 6.09. The van der Waals surface area contributed by atoms with Gasteiger partial charge in [-0.1, -0.05) is 36.4 Å². The van der Waals surface area contributed by atoms with Gasteiger partial charge in [-0.25, -0.2) is 0 Å². The Morgan fingerprint density at radius 3 is 2.43 bits per heavy atom. The van der Waals surface area contributed by atoms with E-state index in [1.165, 1.54) is 0 Å². The van der Waals surface area contributed by atoms with Gasteiger partial charge in [-0.2, -0.15) is 0 Å². The molecule has 2 atom stereocenters. The average molecular weight is 315 g/mol. The van der Waals surface area contributed by atoms with Crippen LogP contribution in [0.15, 0.2) is 43.0 Å². The number of likely N-dealkylation sites (tertiary alicyclic amines) is 1. The summed E-state index contributed by atoms with van der Waals surface area (Å²) in [4.78, 5) is 27.5. The summed E-state index contributed by atoms with van der Waals surface area (Å²) >= 11 is 0. The molecular formula is C19H25NO3. The van der Waals surface area contributed by atoms with E-state index in [1.807, 2.05) is 51.1 Å². The van der Waals surface area contributed by atoms with E-state index in [4.69, 9.17) is 4.74 Å². The quantitative estimate of drug-likeness (QED) is 0.362. The smallest absolute Gasteiger partial charge is 0.324 e. The van der Waals surface area contributed by atoms with Gasteiger partial charge in [-0.15, -0.1) is 6.58 Å². The monoisotopic (exact) mass is 315 g/mol. The highest BCUT2D eigenvalue weighted by atomic mass is 16.5. The van der Waals surface area contributed by atoms with E-state index in [2.05, 4.69) is 6.58 Å². The van der Waals surface area contributed by atoms with Crippen molar-refractivity contribution in [2.24, 2.45) is 5.41 Å². The lowest BCUT2D eigenvalue weighted by Gasteiger charge is -2.59. The summed E-state index contributed by atoms with van der Waals surface area (Å²) in [6.45, 7) is 11.7. The zero-order valence-electron chi connectivity index (χ0n) is 14.3. The van der Waals surface area contributed by atoms with Gasteiger partial charge in [0.2, 0.25) is 5.91 Å². The number of hydrogen-bond donors (Lipinski definition) is 0. The van der Waals surface area contributed by atoms with Gasteiger partial charge in [0.25, 0.3) is 0 Å². The Balaban J connectivity index is 2.57. The van der Waals surface area contributed by atoms with Crippen molar-refractivity contribution in [3.8, 4) is 0 Å². The maximum atomic E-state index is 13.0. The Morgan fingerprint density at radius 1 is 1.35 bits per heavy atom. The van der Waals surface area contributed by atoms with Gasteiger partial charge in [-0.05, 0) is 39.7 Å². The first-order valence-electron chi connectivity index (χ1n) is 7.97. The number of nitrogens with zero attached hydrogens (tertiary/aromatic N) is 1. The van der Waals surface area contributed by atoms with Crippen LogP contribution in [-0.4, -0.2) is 28.9 Å². The number of amides is 1. The predicted molar refractivity (Wildman–Crippen MR) is 89.7 cm³/mol. The topological polar surface area (TPSA) is 46.6 Å². The fraction of sp³-hybridized carbons (Fsp3) is 0.474. The van der Waals surface area contributed by atoms with Crippen molar-refractivity contribution in [3.05, 3.63) is 48.6 Å². The van der Waals surface area contributed by atoms with Crippen molar-refractivity contribution >= 4 is 11.9 Å². The Bertz CT molecular complexity index is 603. The number of carbonyl (C=O) groups excluding carboxylic acids is 2. The zero-order chi connectivity index (χ0) is 17.3. The van der Waals surface area contributed by atoms with E-state index >= 15 is 0 Å². The van der Waals surface area contributed by atoms with E-state index in [-0.39, 0.29) is 30.5 Å². The molecule has 1 aliphatic heterocycles. The lowest BCUT2D eigenvalue weighted by atomic mass is 9.63.